The van der Waals surface area contributed by atoms with Gasteiger partial charge in [0.25, 0.3) is 0 Å². The third kappa shape index (κ3) is 3.50. The zero-order valence-electron chi connectivity index (χ0n) is 19.3. The van der Waals surface area contributed by atoms with Crippen LogP contribution in [0.3, 0.4) is 0 Å². The van der Waals surface area contributed by atoms with Crippen molar-refractivity contribution in [3.8, 4) is 11.4 Å². The Kier molecular flexibility index (Phi) is 5.23. The van der Waals surface area contributed by atoms with Gasteiger partial charge in [0.2, 0.25) is 0 Å². The third-order valence-electron chi connectivity index (χ3n) is 6.60. The molecule has 1 aromatic heterocycles. The summed E-state index contributed by atoms with van der Waals surface area (Å²) in [6.07, 6.45) is 2.26. The highest BCUT2D eigenvalue weighted by molar-refractivity contribution is 6.01. The second-order valence-electron chi connectivity index (χ2n) is 8.79. The number of unbranched alkanes of at least 4 members (excludes halogenated alkanes) is 1. The second kappa shape index (κ2) is 8.68. The Morgan fingerprint density at radius 2 is 1.32 bits per heavy atom. The topological polar surface area (TPSA) is 29.9 Å². The number of imidazole rings is 1. The molecule has 6 rings (SSSR count). The number of aromatic nitrogens is 2. The lowest BCUT2D eigenvalue weighted by Gasteiger charge is -2.12. The predicted octanol–water partition coefficient (Wildman–Crippen LogP) is 8.55. The molecule has 0 saturated heterocycles. The van der Waals surface area contributed by atoms with Gasteiger partial charge < -0.3 is 9.88 Å². The molecule has 6 aromatic rings. The maximum Gasteiger partial charge on any atom is 0.141 e. The van der Waals surface area contributed by atoms with Gasteiger partial charge in [-0.3, -0.25) is 0 Å². The monoisotopic (exact) mass is 441 g/mol. The van der Waals surface area contributed by atoms with Gasteiger partial charge in [-0.15, -0.1) is 0 Å². The van der Waals surface area contributed by atoms with Crippen LogP contribution in [0, 0.1) is 0 Å². The number of para-hydroxylation sites is 1. The molecule has 0 radical (unpaired) electrons. The van der Waals surface area contributed by atoms with Gasteiger partial charge in [-0.2, -0.15) is 0 Å². The van der Waals surface area contributed by atoms with Crippen molar-refractivity contribution in [3.63, 3.8) is 0 Å². The molecule has 0 spiro atoms. The van der Waals surface area contributed by atoms with Gasteiger partial charge in [-0.25, -0.2) is 4.98 Å². The maximum absolute atomic E-state index is 5.26. The predicted molar refractivity (Wildman–Crippen MR) is 145 cm³/mol. The van der Waals surface area contributed by atoms with Crippen LogP contribution in [-0.2, 0) is 6.54 Å². The van der Waals surface area contributed by atoms with Crippen LogP contribution < -0.4 is 5.32 Å². The number of aryl methyl sites for hydroxylation is 1. The molecule has 5 aromatic carbocycles. The molecule has 1 N–H and O–H groups in total. The van der Waals surface area contributed by atoms with Crippen molar-refractivity contribution in [1.82, 2.24) is 9.55 Å². The summed E-state index contributed by atoms with van der Waals surface area (Å²) in [5.74, 6) is 1.03. The molecule has 0 atom stereocenters. The average molecular weight is 442 g/mol. The Morgan fingerprint density at radius 1 is 0.676 bits per heavy atom. The Morgan fingerprint density at radius 3 is 2.15 bits per heavy atom. The number of fused-ring (bicyclic) bond motifs is 3. The number of hydrogen-bond acceptors (Lipinski definition) is 2. The summed E-state index contributed by atoms with van der Waals surface area (Å²) in [5.41, 5.74) is 5.49. The molecule has 0 aliphatic carbocycles. The van der Waals surface area contributed by atoms with Gasteiger partial charge in [0.15, 0.2) is 0 Å². The molecule has 34 heavy (non-hydrogen) atoms. The molecule has 1 heterocycles. The van der Waals surface area contributed by atoms with Crippen LogP contribution in [0.15, 0.2) is 103 Å². The van der Waals surface area contributed by atoms with Gasteiger partial charge in [-0.1, -0.05) is 98.3 Å². The van der Waals surface area contributed by atoms with E-state index in [2.05, 4.69) is 120 Å². The van der Waals surface area contributed by atoms with Crippen molar-refractivity contribution in [3.05, 3.63) is 103 Å². The third-order valence-corrected chi connectivity index (χ3v) is 6.60. The first-order valence-corrected chi connectivity index (χ1v) is 12.1. The van der Waals surface area contributed by atoms with Crippen LogP contribution in [0.5, 0.6) is 0 Å². The van der Waals surface area contributed by atoms with Crippen molar-refractivity contribution in [2.45, 2.75) is 26.3 Å². The smallest absolute Gasteiger partial charge is 0.141 e. The number of nitrogens with zero attached hydrogens (tertiary/aromatic N) is 2. The molecule has 0 aliphatic rings. The first-order chi connectivity index (χ1) is 16.8. The quantitative estimate of drug-likeness (QED) is 0.280. The molecule has 0 amide bonds. The van der Waals surface area contributed by atoms with E-state index in [1.54, 1.807) is 0 Å². The van der Waals surface area contributed by atoms with Crippen molar-refractivity contribution in [2.24, 2.45) is 0 Å². The average Bonchev–Trinajstić information content (AvgIpc) is 3.26. The van der Waals surface area contributed by atoms with E-state index in [4.69, 9.17) is 4.98 Å². The largest absolute Gasteiger partial charge is 0.353 e. The SMILES string of the molecule is CCCCn1c(-c2cccc3ccccc23)nc2c(Nc3cccc4ccccc34)cccc21. The van der Waals surface area contributed by atoms with E-state index < -0.39 is 0 Å². The molecule has 166 valence electrons. The van der Waals surface area contributed by atoms with Gasteiger partial charge >= 0.3 is 0 Å². The van der Waals surface area contributed by atoms with E-state index in [9.17, 15) is 0 Å². The van der Waals surface area contributed by atoms with Gasteiger partial charge in [0.05, 0.1) is 11.2 Å². The number of rotatable bonds is 6. The van der Waals surface area contributed by atoms with Gasteiger partial charge in [-0.05, 0) is 40.8 Å². The van der Waals surface area contributed by atoms with Crippen molar-refractivity contribution < 1.29 is 0 Å². The highest BCUT2D eigenvalue weighted by Crippen LogP contribution is 2.35. The van der Waals surface area contributed by atoms with E-state index in [0.717, 1.165) is 42.1 Å². The number of hydrogen-bond donors (Lipinski definition) is 1. The van der Waals surface area contributed by atoms with Crippen LogP contribution in [-0.4, -0.2) is 9.55 Å². The molecule has 0 saturated carbocycles. The lowest BCUT2D eigenvalue weighted by Crippen LogP contribution is -2.01. The molecule has 3 nitrogen and oxygen atoms in total. The first-order valence-electron chi connectivity index (χ1n) is 12.1. The molecule has 3 heteroatoms. The van der Waals surface area contributed by atoms with E-state index in [0.29, 0.717) is 0 Å². The molecule has 0 fully saturated rings. The minimum absolute atomic E-state index is 0.948. The summed E-state index contributed by atoms with van der Waals surface area (Å²) in [5, 5.41) is 8.61. The summed E-state index contributed by atoms with van der Waals surface area (Å²) in [7, 11) is 0. The van der Waals surface area contributed by atoms with Crippen LogP contribution in [0.25, 0.3) is 44.0 Å². The Bertz CT molecular complexity index is 1620. The summed E-state index contributed by atoms with van der Waals surface area (Å²) in [4.78, 5) is 5.26. The molecule has 0 bridgehead atoms. The highest BCUT2D eigenvalue weighted by atomic mass is 15.1. The Labute approximate surface area is 199 Å². The minimum atomic E-state index is 0.948. The Balaban J connectivity index is 1.55. The van der Waals surface area contributed by atoms with Crippen molar-refractivity contribution in [2.75, 3.05) is 5.32 Å². The number of anilines is 2. The zero-order valence-corrected chi connectivity index (χ0v) is 19.3. The standard InChI is InChI=1S/C31H27N3/c1-2-3-21-34-29-20-10-19-28(32-27-18-9-14-23-12-5-7-16-25(23)27)30(29)33-31(34)26-17-8-13-22-11-4-6-15-24(22)26/h4-20,32H,2-3,21H2,1H3. The van der Waals surface area contributed by atoms with E-state index in [1.165, 1.54) is 32.6 Å². The van der Waals surface area contributed by atoms with Crippen molar-refractivity contribution in [1.29, 1.82) is 0 Å². The second-order valence-corrected chi connectivity index (χ2v) is 8.79. The molecule has 0 aliphatic heterocycles. The molecule has 0 unspecified atom stereocenters. The molecular weight excluding hydrogens is 414 g/mol. The maximum atomic E-state index is 5.26. The van der Waals surface area contributed by atoms with E-state index in [-0.39, 0.29) is 0 Å². The first kappa shape index (κ1) is 20.5. The van der Waals surface area contributed by atoms with E-state index in [1.807, 2.05) is 0 Å². The number of nitrogens with one attached hydrogen (secondary N) is 1. The fraction of sp³-hybridized carbons (Fsp3) is 0.129. The summed E-state index contributed by atoms with van der Waals surface area (Å²) in [6, 6.07) is 36.4. The van der Waals surface area contributed by atoms with Gasteiger partial charge in [0, 0.05) is 23.2 Å². The Hall–Kier alpha value is -4.11. The van der Waals surface area contributed by atoms with Gasteiger partial charge in [0.1, 0.15) is 11.3 Å². The van der Waals surface area contributed by atoms with Crippen LogP contribution >= 0.6 is 0 Å². The number of benzene rings is 5. The minimum Gasteiger partial charge on any atom is -0.353 e. The van der Waals surface area contributed by atoms with E-state index >= 15 is 0 Å². The van der Waals surface area contributed by atoms with Crippen LogP contribution in [0.4, 0.5) is 11.4 Å². The molecular formula is C31H27N3. The highest BCUT2D eigenvalue weighted by Gasteiger charge is 2.17. The fourth-order valence-electron chi connectivity index (χ4n) is 4.90. The lowest BCUT2D eigenvalue weighted by molar-refractivity contribution is 0.651. The van der Waals surface area contributed by atoms with Crippen LogP contribution in [0.1, 0.15) is 19.8 Å². The summed E-state index contributed by atoms with van der Waals surface area (Å²) < 4.78 is 2.40. The van der Waals surface area contributed by atoms with Crippen LogP contribution in [0.2, 0.25) is 0 Å². The fourth-order valence-corrected chi connectivity index (χ4v) is 4.90. The van der Waals surface area contributed by atoms with Crippen molar-refractivity contribution >= 4 is 44.0 Å². The normalized spacial score (nSPS) is 11.4. The summed E-state index contributed by atoms with van der Waals surface area (Å²) >= 11 is 0. The lowest BCUT2D eigenvalue weighted by atomic mass is 10.0. The summed E-state index contributed by atoms with van der Waals surface area (Å²) in [6.45, 7) is 3.19. The zero-order chi connectivity index (χ0) is 22.9.